The van der Waals surface area contributed by atoms with Gasteiger partial charge in [-0.1, -0.05) is 0 Å². The Hall–Kier alpha value is -1.40. The Balaban J connectivity index is 1.77. The fourth-order valence-electron chi connectivity index (χ4n) is 3.25. The smallest absolute Gasteiger partial charge is 0.237 e. The third-order valence-corrected chi connectivity index (χ3v) is 4.72. The van der Waals surface area contributed by atoms with Crippen LogP contribution in [0, 0.1) is 0 Å². The van der Waals surface area contributed by atoms with Gasteiger partial charge in [-0.15, -0.1) is 0 Å². The molecule has 6 heteroatoms. The number of anilines is 1. The summed E-state index contributed by atoms with van der Waals surface area (Å²) in [6.45, 7) is 1.17. The molecular weight excluding hydrogens is 274 g/mol. The average Bonchev–Trinajstić information content (AvgIpc) is 3.03. The molecule has 2 fully saturated rings. The number of amides is 2. The van der Waals surface area contributed by atoms with E-state index in [1.54, 1.807) is 11.3 Å². The summed E-state index contributed by atoms with van der Waals surface area (Å²) in [5.41, 5.74) is 0.981. The number of carbonyl (C=O) groups excluding carboxylic acids is 2. The molecule has 1 aromatic heterocycles. The van der Waals surface area contributed by atoms with E-state index < -0.39 is 0 Å². The number of nitrogens with zero attached hydrogens (tertiary/aromatic N) is 3. The Morgan fingerprint density at radius 2 is 2.25 bits per heavy atom. The lowest BCUT2D eigenvalue weighted by Crippen LogP contribution is -2.43. The Morgan fingerprint density at radius 3 is 2.90 bits per heavy atom. The molecule has 0 N–H and O–H groups in total. The highest BCUT2D eigenvalue weighted by Crippen LogP contribution is 2.36. The van der Waals surface area contributed by atoms with Crippen LogP contribution in [0.5, 0.6) is 0 Å². The van der Waals surface area contributed by atoms with Crippen LogP contribution < -0.4 is 4.90 Å². The van der Waals surface area contributed by atoms with Gasteiger partial charge in [0.05, 0.1) is 24.3 Å². The van der Waals surface area contributed by atoms with Gasteiger partial charge in [0.15, 0.2) is 0 Å². The van der Waals surface area contributed by atoms with Crippen LogP contribution in [0.3, 0.4) is 0 Å². The fraction of sp³-hybridized carbons (Fsp3) is 0.571. The van der Waals surface area contributed by atoms with Crippen LogP contribution in [0.1, 0.15) is 12.8 Å². The molecule has 3 rings (SSSR count). The second-order valence-electron chi connectivity index (χ2n) is 5.70. The van der Waals surface area contributed by atoms with Gasteiger partial charge in [-0.3, -0.25) is 9.59 Å². The molecule has 108 valence electrons. The van der Waals surface area contributed by atoms with E-state index >= 15 is 0 Å². The summed E-state index contributed by atoms with van der Waals surface area (Å²) in [5, 5.41) is 3.99. The van der Waals surface area contributed by atoms with Gasteiger partial charge in [0.25, 0.3) is 0 Å². The summed E-state index contributed by atoms with van der Waals surface area (Å²) < 4.78 is 0. The first-order valence-corrected chi connectivity index (χ1v) is 7.80. The van der Waals surface area contributed by atoms with E-state index in [9.17, 15) is 9.59 Å². The zero-order valence-corrected chi connectivity index (χ0v) is 12.6. The van der Waals surface area contributed by atoms with E-state index in [0.29, 0.717) is 13.0 Å². The number of hydrogen-bond donors (Lipinski definition) is 0. The van der Waals surface area contributed by atoms with E-state index in [0.717, 1.165) is 18.7 Å². The maximum atomic E-state index is 12.3. The van der Waals surface area contributed by atoms with Crippen molar-refractivity contribution in [3.8, 4) is 0 Å². The largest absolute Gasteiger partial charge is 0.336 e. The third-order valence-electron chi connectivity index (χ3n) is 4.05. The van der Waals surface area contributed by atoms with E-state index in [4.69, 9.17) is 0 Å². The summed E-state index contributed by atoms with van der Waals surface area (Å²) in [7, 11) is 3.78. The maximum Gasteiger partial charge on any atom is 0.237 e. The number of hydrogen-bond acceptors (Lipinski definition) is 4. The van der Waals surface area contributed by atoms with Crippen molar-refractivity contribution in [3.05, 3.63) is 16.8 Å². The SMILES string of the molecule is CN(C)CC(=O)N1CC[C@@H]2[C@H]1CC(=O)N2c1ccsc1. The van der Waals surface area contributed by atoms with Crippen LogP contribution in [0.2, 0.25) is 0 Å². The lowest BCUT2D eigenvalue weighted by Gasteiger charge is -2.25. The number of carbonyl (C=O) groups is 2. The molecule has 2 aliphatic heterocycles. The Labute approximate surface area is 122 Å². The highest BCUT2D eigenvalue weighted by atomic mass is 32.1. The highest BCUT2D eigenvalue weighted by molar-refractivity contribution is 7.08. The summed E-state index contributed by atoms with van der Waals surface area (Å²) in [6.07, 6.45) is 1.34. The number of thiophene rings is 1. The molecule has 0 saturated carbocycles. The first-order chi connectivity index (χ1) is 9.58. The first-order valence-electron chi connectivity index (χ1n) is 6.86. The van der Waals surface area contributed by atoms with Crippen molar-refractivity contribution in [2.45, 2.75) is 24.9 Å². The van der Waals surface area contributed by atoms with E-state index in [2.05, 4.69) is 0 Å². The molecule has 0 aliphatic carbocycles. The van der Waals surface area contributed by atoms with Gasteiger partial charge in [0.2, 0.25) is 11.8 Å². The van der Waals surface area contributed by atoms with E-state index in [-0.39, 0.29) is 23.9 Å². The maximum absolute atomic E-state index is 12.3. The third kappa shape index (κ3) is 2.23. The minimum Gasteiger partial charge on any atom is -0.336 e. The Morgan fingerprint density at radius 1 is 1.45 bits per heavy atom. The molecule has 0 spiro atoms. The quantitative estimate of drug-likeness (QED) is 0.835. The van der Waals surface area contributed by atoms with Gasteiger partial charge in [-0.2, -0.15) is 11.3 Å². The molecule has 0 unspecified atom stereocenters. The Kier molecular flexibility index (Phi) is 3.52. The zero-order valence-electron chi connectivity index (χ0n) is 11.8. The lowest BCUT2D eigenvalue weighted by molar-refractivity contribution is -0.132. The van der Waals surface area contributed by atoms with Crippen LogP contribution in [0.4, 0.5) is 5.69 Å². The number of likely N-dealkylation sites (tertiary alicyclic amines) is 1. The van der Waals surface area contributed by atoms with Crippen LogP contribution in [0.15, 0.2) is 16.8 Å². The predicted octanol–water partition coefficient (Wildman–Crippen LogP) is 1.02. The molecular formula is C14H19N3O2S. The van der Waals surface area contributed by atoms with Crippen LogP contribution >= 0.6 is 11.3 Å². The van der Waals surface area contributed by atoms with Gasteiger partial charge in [0.1, 0.15) is 0 Å². The second kappa shape index (κ2) is 5.18. The zero-order chi connectivity index (χ0) is 14.3. The summed E-state index contributed by atoms with van der Waals surface area (Å²) in [5.74, 6) is 0.267. The van der Waals surface area contributed by atoms with Crippen LogP contribution in [-0.4, -0.2) is 60.9 Å². The van der Waals surface area contributed by atoms with E-state index in [1.165, 1.54) is 0 Å². The van der Waals surface area contributed by atoms with Gasteiger partial charge < -0.3 is 14.7 Å². The molecule has 3 heterocycles. The molecule has 1 aromatic rings. The number of rotatable bonds is 3. The summed E-state index contributed by atoms with van der Waals surface area (Å²) in [6, 6.07) is 2.19. The molecule has 0 bridgehead atoms. The van der Waals surface area contributed by atoms with Crippen molar-refractivity contribution < 1.29 is 9.59 Å². The predicted molar refractivity (Wildman–Crippen MR) is 78.9 cm³/mol. The highest BCUT2D eigenvalue weighted by Gasteiger charge is 2.48. The molecule has 2 atom stereocenters. The Bertz CT molecular complexity index is 514. The van der Waals surface area contributed by atoms with Crippen molar-refractivity contribution in [2.75, 3.05) is 32.1 Å². The van der Waals surface area contributed by atoms with Crippen LogP contribution in [0.25, 0.3) is 0 Å². The number of fused-ring (bicyclic) bond motifs is 1. The van der Waals surface area contributed by atoms with Gasteiger partial charge >= 0.3 is 0 Å². The van der Waals surface area contributed by atoms with Crippen molar-refractivity contribution in [2.24, 2.45) is 0 Å². The minimum absolute atomic E-state index is 0.0508. The second-order valence-corrected chi connectivity index (χ2v) is 6.48. The van der Waals surface area contributed by atoms with Gasteiger partial charge in [-0.25, -0.2) is 0 Å². The minimum atomic E-state index is 0.0508. The standard InChI is InChI=1S/C14H19N3O2S/c1-15(2)8-14(19)16-5-3-11-12(16)7-13(18)17(11)10-4-6-20-9-10/h4,6,9,11-12H,3,5,7-8H2,1-2H3/t11-,12-/m1/s1. The van der Waals surface area contributed by atoms with Gasteiger partial charge in [0, 0.05) is 18.3 Å². The summed E-state index contributed by atoms with van der Waals surface area (Å²) >= 11 is 1.60. The molecule has 2 saturated heterocycles. The number of likely N-dealkylation sites (N-methyl/N-ethyl adjacent to an activating group) is 1. The molecule has 0 aromatic carbocycles. The molecule has 5 nitrogen and oxygen atoms in total. The molecule has 20 heavy (non-hydrogen) atoms. The fourth-order valence-corrected chi connectivity index (χ4v) is 3.88. The van der Waals surface area contributed by atoms with Crippen molar-refractivity contribution in [3.63, 3.8) is 0 Å². The van der Waals surface area contributed by atoms with Crippen molar-refractivity contribution in [1.29, 1.82) is 0 Å². The van der Waals surface area contributed by atoms with Crippen molar-refractivity contribution in [1.82, 2.24) is 9.80 Å². The first kappa shape index (κ1) is 13.6. The molecule has 2 aliphatic rings. The normalized spacial score (nSPS) is 25.6. The molecule has 2 amide bonds. The summed E-state index contributed by atoms with van der Waals surface area (Å²) in [4.78, 5) is 30.2. The van der Waals surface area contributed by atoms with E-state index in [1.807, 2.05) is 45.6 Å². The average molecular weight is 293 g/mol. The lowest BCUT2D eigenvalue weighted by atomic mass is 10.1. The molecule has 0 radical (unpaired) electrons. The topological polar surface area (TPSA) is 43.9 Å². The van der Waals surface area contributed by atoms with Crippen molar-refractivity contribution >= 4 is 28.8 Å². The van der Waals surface area contributed by atoms with Gasteiger partial charge in [-0.05, 0) is 32.0 Å². The van der Waals surface area contributed by atoms with Crippen LogP contribution in [-0.2, 0) is 9.59 Å². The monoisotopic (exact) mass is 293 g/mol.